The maximum atomic E-state index is 13.1. The van der Waals surface area contributed by atoms with E-state index in [9.17, 15) is 14.0 Å². The summed E-state index contributed by atoms with van der Waals surface area (Å²) >= 11 is 0. The molecular formula is C18H21FO3. The summed E-state index contributed by atoms with van der Waals surface area (Å²) in [6.45, 7) is 3.65. The molecule has 118 valence electrons. The minimum atomic E-state index is -0.960. The first kappa shape index (κ1) is 15.2. The zero-order valence-electron chi connectivity index (χ0n) is 13.0. The highest BCUT2D eigenvalue weighted by Crippen LogP contribution is 2.52. The van der Waals surface area contributed by atoms with Crippen molar-refractivity contribution in [3.05, 3.63) is 35.6 Å². The summed E-state index contributed by atoms with van der Waals surface area (Å²) in [5.41, 5.74) is -1.10. The fourth-order valence-corrected chi connectivity index (χ4v) is 3.90. The van der Waals surface area contributed by atoms with Crippen molar-refractivity contribution in [1.82, 2.24) is 0 Å². The SMILES string of the molecule is CC1(C)C(=O)C2(CCCCC2)C(=O)O[C@H]1c1ccc(F)cc1. The number of carbonyl (C=O) groups is 2. The Balaban J connectivity index is 1.98. The van der Waals surface area contributed by atoms with Crippen LogP contribution in [0, 0.1) is 16.6 Å². The van der Waals surface area contributed by atoms with Gasteiger partial charge in [-0.15, -0.1) is 0 Å². The number of hydrogen-bond donors (Lipinski definition) is 0. The monoisotopic (exact) mass is 304 g/mol. The topological polar surface area (TPSA) is 43.4 Å². The summed E-state index contributed by atoms with van der Waals surface area (Å²) < 4.78 is 18.8. The zero-order valence-corrected chi connectivity index (χ0v) is 13.0. The first-order chi connectivity index (χ1) is 10.4. The Labute approximate surface area is 129 Å². The lowest BCUT2D eigenvalue weighted by atomic mass is 9.60. The quantitative estimate of drug-likeness (QED) is 0.582. The summed E-state index contributed by atoms with van der Waals surface area (Å²) in [6, 6.07) is 5.83. The molecule has 4 heteroatoms. The third kappa shape index (κ3) is 2.16. The van der Waals surface area contributed by atoms with Gasteiger partial charge >= 0.3 is 5.97 Å². The fourth-order valence-electron chi connectivity index (χ4n) is 3.90. The van der Waals surface area contributed by atoms with Crippen molar-refractivity contribution in [2.24, 2.45) is 10.8 Å². The summed E-state index contributed by atoms with van der Waals surface area (Å²) in [7, 11) is 0. The van der Waals surface area contributed by atoms with E-state index in [-0.39, 0.29) is 11.6 Å². The van der Waals surface area contributed by atoms with Gasteiger partial charge < -0.3 is 4.74 Å². The highest BCUT2D eigenvalue weighted by atomic mass is 19.1. The van der Waals surface area contributed by atoms with E-state index in [2.05, 4.69) is 0 Å². The van der Waals surface area contributed by atoms with Crippen LogP contribution in [0.3, 0.4) is 0 Å². The Morgan fingerprint density at radius 1 is 1.05 bits per heavy atom. The van der Waals surface area contributed by atoms with Gasteiger partial charge in [0.2, 0.25) is 0 Å². The van der Waals surface area contributed by atoms with Gasteiger partial charge in [0.15, 0.2) is 5.78 Å². The normalized spacial score (nSPS) is 26.8. The number of Topliss-reactive ketones (excluding diaryl/α,β-unsaturated/α-hetero) is 1. The molecule has 1 aliphatic heterocycles. The smallest absolute Gasteiger partial charge is 0.320 e. The Bertz CT molecular complexity index is 597. The average Bonchev–Trinajstić information content (AvgIpc) is 2.52. The van der Waals surface area contributed by atoms with Crippen molar-refractivity contribution in [2.75, 3.05) is 0 Å². The van der Waals surface area contributed by atoms with Gasteiger partial charge in [0.25, 0.3) is 0 Å². The lowest BCUT2D eigenvalue weighted by Crippen LogP contribution is -2.55. The Kier molecular flexibility index (Phi) is 3.58. The lowest BCUT2D eigenvalue weighted by molar-refractivity contribution is -0.192. The molecule has 0 bridgehead atoms. The highest BCUT2D eigenvalue weighted by molar-refractivity contribution is 6.08. The van der Waals surface area contributed by atoms with Crippen molar-refractivity contribution in [2.45, 2.75) is 52.1 Å². The zero-order chi connectivity index (χ0) is 16.0. The molecule has 0 unspecified atom stereocenters. The molecule has 0 aromatic heterocycles. The van der Waals surface area contributed by atoms with Crippen molar-refractivity contribution in [3.63, 3.8) is 0 Å². The molecular weight excluding hydrogens is 283 g/mol. The van der Waals surface area contributed by atoms with Gasteiger partial charge in [-0.05, 0) is 44.4 Å². The number of benzene rings is 1. The van der Waals surface area contributed by atoms with Gasteiger partial charge in [-0.3, -0.25) is 9.59 Å². The first-order valence-corrected chi connectivity index (χ1v) is 7.89. The summed E-state index contributed by atoms with van der Waals surface area (Å²) in [5.74, 6) is -0.769. The number of ketones is 1. The van der Waals surface area contributed by atoms with E-state index in [1.165, 1.54) is 12.1 Å². The molecule has 3 nitrogen and oxygen atoms in total. The average molecular weight is 304 g/mol. The largest absolute Gasteiger partial charge is 0.456 e. The van der Waals surface area contributed by atoms with E-state index in [0.717, 1.165) is 19.3 Å². The third-order valence-corrected chi connectivity index (χ3v) is 5.17. The number of carbonyl (C=O) groups excluding carboxylic acids is 2. The lowest BCUT2D eigenvalue weighted by Gasteiger charge is -2.47. The van der Waals surface area contributed by atoms with Gasteiger partial charge in [0, 0.05) is 0 Å². The second kappa shape index (κ2) is 5.18. The number of rotatable bonds is 1. The molecule has 1 saturated heterocycles. The second-order valence-corrected chi connectivity index (χ2v) is 7.03. The Morgan fingerprint density at radius 3 is 2.23 bits per heavy atom. The van der Waals surface area contributed by atoms with E-state index in [1.807, 2.05) is 13.8 Å². The molecule has 0 N–H and O–H groups in total. The third-order valence-electron chi connectivity index (χ3n) is 5.17. The van der Waals surface area contributed by atoms with E-state index < -0.39 is 22.9 Å². The van der Waals surface area contributed by atoms with Crippen molar-refractivity contribution in [1.29, 1.82) is 0 Å². The molecule has 0 radical (unpaired) electrons. The number of esters is 1. The van der Waals surface area contributed by atoms with Crippen LogP contribution in [0.25, 0.3) is 0 Å². The molecule has 22 heavy (non-hydrogen) atoms. The van der Waals surface area contributed by atoms with Crippen LogP contribution in [-0.2, 0) is 14.3 Å². The van der Waals surface area contributed by atoms with E-state index in [1.54, 1.807) is 12.1 Å². The van der Waals surface area contributed by atoms with Gasteiger partial charge in [-0.2, -0.15) is 0 Å². The number of halogens is 1. The predicted octanol–water partition coefficient (Wildman–Crippen LogP) is 3.97. The number of cyclic esters (lactones) is 1. The fraction of sp³-hybridized carbons (Fsp3) is 0.556. The van der Waals surface area contributed by atoms with Crippen molar-refractivity contribution < 1.29 is 18.7 Å². The maximum absolute atomic E-state index is 13.1. The van der Waals surface area contributed by atoms with Gasteiger partial charge in [0.1, 0.15) is 17.3 Å². The minimum absolute atomic E-state index is 0.0229. The van der Waals surface area contributed by atoms with Crippen LogP contribution in [0.15, 0.2) is 24.3 Å². The standard InChI is InChI=1S/C18H21FO3/c1-17(2)14(12-6-8-13(19)9-7-12)22-16(21)18(15(17)20)10-4-3-5-11-18/h6-9,14H,3-5,10-11H2,1-2H3/t14-/m0/s1. The number of hydrogen-bond acceptors (Lipinski definition) is 3. The van der Waals surface area contributed by atoms with Gasteiger partial charge in [-0.25, -0.2) is 4.39 Å². The Morgan fingerprint density at radius 2 is 1.64 bits per heavy atom. The molecule has 2 aliphatic rings. The van der Waals surface area contributed by atoms with Crippen LogP contribution >= 0.6 is 0 Å². The van der Waals surface area contributed by atoms with E-state index in [0.29, 0.717) is 18.4 Å². The maximum Gasteiger partial charge on any atom is 0.320 e. The predicted molar refractivity (Wildman–Crippen MR) is 79.5 cm³/mol. The summed E-state index contributed by atoms with van der Waals surface area (Å²) in [6.07, 6.45) is 3.36. The van der Waals surface area contributed by atoms with Crippen LogP contribution in [-0.4, -0.2) is 11.8 Å². The molecule has 2 fully saturated rings. The van der Waals surface area contributed by atoms with Crippen LogP contribution in [0.4, 0.5) is 4.39 Å². The highest BCUT2D eigenvalue weighted by Gasteiger charge is 2.60. The van der Waals surface area contributed by atoms with Crippen molar-refractivity contribution >= 4 is 11.8 Å². The van der Waals surface area contributed by atoms with Gasteiger partial charge in [-0.1, -0.05) is 31.4 Å². The van der Waals surface area contributed by atoms with Crippen LogP contribution in [0.1, 0.15) is 57.6 Å². The van der Waals surface area contributed by atoms with Crippen LogP contribution in [0.2, 0.25) is 0 Å². The summed E-state index contributed by atoms with van der Waals surface area (Å²) in [4.78, 5) is 25.7. The van der Waals surface area contributed by atoms with E-state index >= 15 is 0 Å². The molecule has 1 spiro atoms. The van der Waals surface area contributed by atoms with Gasteiger partial charge in [0.05, 0.1) is 5.41 Å². The molecule has 1 aromatic carbocycles. The Hall–Kier alpha value is -1.71. The summed E-state index contributed by atoms with van der Waals surface area (Å²) in [5, 5.41) is 0. The second-order valence-electron chi connectivity index (χ2n) is 7.03. The molecule has 1 aliphatic carbocycles. The van der Waals surface area contributed by atoms with Crippen LogP contribution in [0.5, 0.6) is 0 Å². The number of ether oxygens (including phenoxy) is 1. The molecule has 1 aromatic rings. The molecule has 0 amide bonds. The first-order valence-electron chi connectivity index (χ1n) is 7.89. The molecule has 1 saturated carbocycles. The minimum Gasteiger partial charge on any atom is -0.456 e. The molecule has 3 rings (SSSR count). The molecule has 1 heterocycles. The molecule has 1 atom stereocenters. The van der Waals surface area contributed by atoms with Crippen molar-refractivity contribution in [3.8, 4) is 0 Å². The van der Waals surface area contributed by atoms with Crippen LogP contribution < -0.4 is 0 Å². The van der Waals surface area contributed by atoms with E-state index in [4.69, 9.17) is 4.74 Å².